The third-order valence-electron chi connectivity index (χ3n) is 2.24. The van der Waals surface area contributed by atoms with Gasteiger partial charge in [0, 0.05) is 13.0 Å². The number of methoxy groups -OCH3 is 1. The lowest BCUT2D eigenvalue weighted by Crippen LogP contribution is -2.24. The zero-order chi connectivity index (χ0) is 7.56. The van der Waals surface area contributed by atoms with E-state index >= 15 is 0 Å². The standard InChI is InChI=1S/C9H16O/c1-7-4-5-8(2)9(6-7)10-3/h4-5,7-9H,6H2,1-3H3. The Balaban J connectivity index is 2.53. The molecule has 0 aromatic rings. The minimum absolute atomic E-state index is 0.444. The molecule has 0 aromatic carbocycles. The average molecular weight is 140 g/mol. The van der Waals surface area contributed by atoms with Crippen LogP contribution in [0.2, 0.25) is 0 Å². The SMILES string of the molecule is COC1CC(C)C=CC1C. The Kier molecular flexibility index (Phi) is 2.50. The van der Waals surface area contributed by atoms with Crippen LogP contribution in [0.5, 0.6) is 0 Å². The molecule has 0 spiro atoms. The van der Waals surface area contributed by atoms with Gasteiger partial charge >= 0.3 is 0 Å². The molecule has 0 fully saturated rings. The minimum Gasteiger partial charge on any atom is -0.381 e. The molecule has 0 heterocycles. The van der Waals surface area contributed by atoms with Gasteiger partial charge in [0.1, 0.15) is 0 Å². The van der Waals surface area contributed by atoms with Crippen molar-refractivity contribution in [1.29, 1.82) is 0 Å². The summed E-state index contributed by atoms with van der Waals surface area (Å²) in [6.45, 7) is 4.44. The molecule has 1 rings (SSSR count). The summed E-state index contributed by atoms with van der Waals surface area (Å²) in [5, 5.41) is 0. The van der Waals surface area contributed by atoms with Crippen LogP contribution in [-0.4, -0.2) is 13.2 Å². The van der Waals surface area contributed by atoms with Gasteiger partial charge in [0.2, 0.25) is 0 Å². The van der Waals surface area contributed by atoms with Crippen LogP contribution in [0.3, 0.4) is 0 Å². The highest BCUT2D eigenvalue weighted by Gasteiger charge is 2.20. The molecule has 1 heteroatoms. The zero-order valence-corrected chi connectivity index (χ0v) is 7.00. The maximum atomic E-state index is 5.32. The second-order valence-corrected chi connectivity index (χ2v) is 3.23. The van der Waals surface area contributed by atoms with Gasteiger partial charge < -0.3 is 4.74 Å². The molecule has 0 radical (unpaired) electrons. The first-order chi connectivity index (χ1) is 4.74. The van der Waals surface area contributed by atoms with Gasteiger partial charge in [0.25, 0.3) is 0 Å². The summed E-state index contributed by atoms with van der Waals surface area (Å²) in [5.74, 6) is 1.29. The monoisotopic (exact) mass is 140 g/mol. The van der Waals surface area contributed by atoms with E-state index in [1.807, 2.05) is 0 Å². The fourth-order valence-corrected chi connectivity index (χ4v) is 1.46. The lowest BCUT2D eigenvalue weighted by molar-refractivity contribution is 0.0544. The highest BCUT2D eigenvalue weighted by molar-refractivity contribution is 4.99. The van der Waals surface area contributed by atoms with Gasteiger partial charge in [-0.05, 0) is 12.3 Å². The van der Waals surface area contributed by atoms with Gasteiger partial charge in [-0.25, -0.2) is 0 Å². The van der Waals surface area contributed by atoms with Crippen LogP contribution in [0.4, 0.5) is 0 Å². The summed E-state index contributed by atoms with van der Waals surface area (Å²) in [5.41, 5.74) is 0. The fraction of sp³-hybridized carbons (Fsp3) is 0.778. The summed E-state index contributed by atoms with van der Waals surface area (Å²) in [6.07, 6.45) is 6.15. The molecule has 1 aliphatic carbocycles. The molecule has 1 aliphatic rings. The van der Waals surface area contributed by atoms with Crippen LogP contribution in [0.1, 0.15) is 20.3 Å². The van der Waals surface area contributed by atoms with E-state index in [1.165, 1.54) is 6.42 Å². The maximum absolute atomic E-state index is 5.32. The van der Waals surface area contributed by atoms with Gasteiger partial charge in [-0.1, -0.05) is 26.0 Å². The van der Waals surface area contributed by atoms with Gasteiger partial charge in [0.05, 0.1) is 6.10 Å². The van der Waals surface area contributed by atoms with Gasteiger partial charge in [-0.15, -0.1) is 0 Å². The van der Waals surface area contributed by atoms with E-state index in [9.17, 15) is 0 Å². The van der Waals surface area contributed by atoms with Crippen molar-refractivity contribution in [2.75, 3.05) is 7.11 Å². The van der Waals surface area contributed by atoms with Crippen molar-refractivity contribution < 1.29 is 4.74 Å². The highest BCUT2D eigenvalue weighted by Crippen LogP contribution is 2.23. The molecule has 0 aromatic heterocycles. The number of ether oxygens (including phenoxy) is 1. The van der Waals surface area contributed by atoms with Crippen LogP contribution in [0, 0.1) is 11.8 Å². The molecule has 0 saturated heterocycles. The van der Waals surface area contributed by atoms with Gasteiger partial charge in [0.15, 0.2) is 0 Å². The van der Waals surface area contributed by atoms with E-state index in [4.69, 9.17) is 4.74 Å². The molecule has 0 amide bonds. The summed E-state index contributed by atoms with van der Waals surface area (Å²) >= 11 is 0. The summed E-state index contributed by atoms with van der Waals surface area (Å²) < 4.78 is 5.32. The second-order valence-electron chi connectivity index (χ2n) is 3.23. The normalized spacial score (nSPS) is 40.1. The average Bonchev–Trinajstić information content (AvgIpc) is 1.94. The van der Waals surface area contributed by atoms with Gasteiger partial charge in [-0.3, -0.25) is 0 Å². The predicted octanol–water partition coefficient (Wildman–Crippen LogP) is 2.23. The fourth-order valence-electron chi connectivity index (χ4n) is 1.46. The Labute approximate surface area is 63.1 Å². The lowest BCUT2D eigenvalue weighted by atomic mass is 9.88. The Bertz CT molecular complexity index is 129. The quantitative estimate of drug-likeness (QED) is 0.507. The molecule has 0 bridgehead atoms. The van der Waals surface area contributed by atoms with Crippen molar-refractivity contribution in [2.45, 2.75) is 26.4 Å². The Hall–Kier alpha value is -0.300. The van der Waals surface area contributed by atoms with Crippen molar-refractivity contribution in [3.8, 4) is 0 Å². The van der Waals surface area contributed by atoms with Crippen LogP contribution < -0.4 is 0 Å². The molecule has 0 saturated carbocycles. The van der Waals surface area contributed by atoms with E-state index in [0.29, 0.717) is 17.9 Å². The summed E-state index contributed by atoms with van der Waals surface area (Å²) in [4.78, 5) is 0. The van der Waals surface area contributed by atoms with E-state index in [2.05, 4.69) is 26.0 Å². The third kappa shape index (κ3) is 1.60. The van der Waals surface area contributed by atoms with Crippen LogP contribution in [0.25, 0.3) is 0 Å². The topological polar surface area (TPSA) is 9.23 Å². The molecule has 0 N–H and O–H groups in total. The van der Waals surface area contributed by atoms with Crippen molar-refractivity contribution in [2.24, 2.45) is 11.8 Å². The van der Waals surface area contributed by atoms with Crippen molar-refractivity contribution in [1.82, 2.24) is 0 Å². The third-order valence-corrected chi connectivity index (χ3v) is 2.24. The first kappa shape index (κ1) is 7.80. The van der Waals surface area contributed by atoms with Gasteiger partial charge in [-0.2, -0.15) is 0 Å². The number of rotatable bonds is 1. The molecule has 0 aliphatic heterocycles. The van der Waals surface area contributed by atoms with E-state index in [-0.39, 0.29) is 0 Å². The smallest absolute Gasteiger partial charge is 0.0636 e. The Morgan fingerprint density at radius 1 is 1.30 bits per heavy atom. The second kappa shape index (κ2) is 3.20. The minimum atomic E-state index is 0.444. The van der Waals surface area contributed by atoms with E-state index in [1.54, 1.807) is 7.11 Å². The van der Waals surface area contributed by atoms with E-state index < -0.39 is 0 Å². The van der Waals surface area contributed by atoms with Crippen molar-refractivity contribution in [3.63, 3.8) is 0 Å². The Morgan fingerprint density at radius 2 is 2.00 bits per heavy atom. The van der Waals surface area contributed by atoms with Crippen molar-refractivity contribution >= 4 is 0 Å². The molecule has 3 unspecified atom stereocenters. The molecule has 1 nitrogen and oxygen atoms in total. The number of allylic oxidation sites excluding steroid dienone is 1. The number of hydrogen-bond donors (Lipinski definition) is 0. The largest absolute Gasteiger partial charge is 0.381 e. The first-order valence-electron chi connectivity index (χ1n) is 3.95. The molecule has 3 atom stereocenters. The first-order valence-corrected chi connectivity index (χ1v) is 3.95. The molecule has 58 valence electrons. The number of hydrogen-bond acceptors (Lipinski definition) is 1. The maximum Gasteiger partial charge on any atom is 0.0636 e. The van der Waals surface area contributed by atoms with Crippen LogP contribution in [0.15, 0.2) is 12.2 Å². The Morgan fingerprint density at radius 3 is 2.50 bits per heavy atom. The lowest BCUT2D eigenvalue weighted by Gasteiger charge is -2.26. The predicted molar refractivity (Wildman–Crippen MR) is 42.9 cm³/mol. The summed E-state index contributed by atoms with van der Waals surface area (Å²) in [7, 11) is 1.80. The highest BCUT2D eigenvalue weighted by atomic mass is 16.5. The molecular formula is C9H16O. The van der Waals surface area contributed by atoms with Crippen LogP contribution >= 0.6 is 0 Å². The van der Waals surface area contributed by atoms with Crippen LogP contribution in [-0.2, 0) is 4.74 Å². The zero-order valence-electron chi connectivity index (χ0n) is 7.00. The van der Waals surface area contributed by atoms with Crippen molar-refractivity contribution in [3.05, 3.63) is 12.2 Å². The molecular weight excluding hydrogens is 124 g/mol. The molecule has 10 heavy (non-hydrogen) atoms. The van der Waals surface area contributed by atoms with E-state index in [0.717, 1.165) is 0 Å². The summed E-state index contributed by atoms with van der Waals surface area (Å²) in [6, 6.07) is 0.